The minimum Gasteiger partial charge on any atom is -0.543 e. The zero-order valence-corrected chi connectivity index (χ0v) is 26.1. The zero-order chi connectivity index (χ0) is 24.7. The van der Waals surface area contributed by atoms with Crippen LogP contribution in [0.5, 0.6) is 11.5 Å². The van der Waals surface area contributed by atoms with E-state index in [9.17, 15) is 4.79 Å². The van der Waals surface area contributed by atoms with Gasteiger partial charge in [-0.25, -0.2) is 0 Å². The van der Waals surface area contributed by atoms with Crippen molar-refractivity contribution in [3.05, 3.63) is 56.5 Å². The van der Waals surface area contributed by atoms with Gasteiger partial charge < -0.3 is 8.85 Å². The third-order valence-electron chi connectivity index (χ3n) is 6.63. The van der Waals surface area contributed by atoms with Gasteiger partial charge in [-0.1, -0.05) is 73.4 Å². The molecule has 7 heteroatoms. The summed E-state index contributed by atoms with van der Waals surface area (Å²) < 4.78 is 14.6. The molecule has 3 nitrogen and oxygen atoms in total. The van der Waals surface area contributed by atoms with Crippen molar-refractivity contribution in [2.75, 3.05) is 0 Å². The molecule has 0 aromatic heterocycles. The van der Waals surface area contributed by atoms with E-state index in [1.165, 1.54) is 0 Å². The van der Waals surface area contributed by atoms with E-state index in [0.717, 1.165) is 20.4 Å². The maximum absolute atomic E-state index is 13.5. The molecule has 0 spiro atoms. The Morgan fingerprint density at radius 2 is 0.969 bits per heavy atom. The lowest BCUT2D eigenvalue weighted by molar-refractivity contribution is 0.103. The molecule has 0 bridgehead atoms. The maximum Gasteiger partial charge on any atom is 0.250 e. The maximum atomic E-state index is 13.5. The quantitative estimate of drug-likeness (QED) is 0.245. The van der Waals surface area contributed by atoms with Gasteiger partial charge in [0.1, 0.15) is 11.5 Å². The fourth-order valence-corrected chi connectivity index (χ4v) is 5.54. The molecule has 0 amide bonds. The summed E-state index contributed by atoms with van der Waals surface area (Å²) in [5.74, 6) is 1.39. The molecule has 0 fully saturated rings. The highest BCUT2D eigenvalue weighted by Gasteiger charge is 2.40. The van der Waals surface area contributed by atoms with Crippen LogP contribution in [-0.2, 0) is 0 Å². The summed E-state index contributed by atoms with van der Waals surface area (Å²) in [6, 6.07) is 11.3. The van der Waals surface area contributed by atoms with Crippen LogP contribution in [0, 0.1) is 0 Å². The molecule has 0 aliphatic carbocycles. The van der Waals surface area contributed by atoms with Gasteiger partial charge in [0.25, 0.3) is 0 Å². The standard InChI is InChI=1S/C25H36Br2O3Si2/c1-24(2,3)31(7,8)29-21-13-17(11-19(26)15-21)23(28)18-12-20(27)16-22(14-18)30-32(9,10)25(4,5)6/h11-16H,1-10H3. The topological polar surface area (TPSA) is 35.5 Å². The second-order valence-electron chi connectivity index (χ2n) is 11.4. The monoisotopic (exact) mass is 598 g/mol. The van der Waals surface area contributed by atoms with Crippen LogP contribution in [0.1, 0.15) is 57.5 Å². The molecule has 0 unspecified atom stereocenters. The number of rotatable bonds is 6. The first-order chi connectivity index (χ1) is 14.3. The third-order valence-corrected chi connectivity index (χ3v) is 16.3. The summed E-state index contributed by atoms with van der Waals surface area (Å²) in [6.07, 6.45) is 0. The Hall–Kier alpha value is -0.896. The second-order valence-corrected chi connectivity index (χ2v) is 22.7. The van der Waals surface area contributed by atoms with Crippen LogP contribution in [0.2, 0.25) is 36.3 Å². The lowest BCUT2D eigenvalue weighted by atomic mass is 10.0. The number of carbonyl (C=O) groups is 1. The average molecular weight is 601 g/mol. The molecule has 0 saturated heterocycles. The van der Waals surface area contributed by atoms with E-state index < -0.39 is 16.6 Å². The van der Waals surface area contributed by atoms with Crippen molar-refractivity contribution in [3.8, 4) is 11.5 Å². The van der Waals surface area contributed by atoms with Crippen molar-refractivity contribution in [2.24, 2.45) is 0 Å². The van der Waals surface area contributed by atoms with E-state index in [0.29, 0.717) is 11.1 Å². The lowest BCUT2D eigenvalue weighted by Gasteiger charge is -2.36. The van der Waals surface area contributed by atoms with Crippen LogP contribution in [0.4, 0.5) is 0 Å². The van der Waals surface area contributed by atoms with Crippen molar-refractivity contribution >= 4 is 54.3 Å². The molecular formula is C25H36Br2O3Si2. The van der Waals surface area contributed by atoms with Gasteiger partial charge in [0, 0.05) is 20.1 Å². The molecule has 2 aromatic rings. The van der Waals surface area contributed by atoms with E-state index in [1.54, 1.807) is 0 Å². The van der Waals surface area contributed by atoms with E-state index >= 15 is 0 Å². The first kappa shape index (κ1) is 27.3. The number of hydrogen-bond donors (Lipinski definition) is 0. The van der Waals surface area contributed by atoms with Gasteiger partial charge in [-0.05, 0) is 72.7 Å². The van der Waals surface area contributed by atoms with Gasteiger partial charge in [-0.3, -0.25) is 4.79 Å². The highest BCUT2D eigenvalue weighted by atomic mass is 79.9. The Morgan fingerprint density at radius 3 is 1.25 bits per heavy atom. The normalized spacial score (nSPS) is 13.1. The number of hydrogen-bond acceptors (Lipinski definition) is 3. The fourth-order valence-electron chi connectivity index (χ4n) is 2.57. The highest BCUT2D eigenvalue weighted by molar-refractivity contribution is 9.10. The van der Waals surface area contributed by atoms with E-state index in [-0.39, 0.29) is 15.9 Å². The first-order valence-electron chi connectivity index (χ1n) is 10.9. The van der Waals surface area contributed by atoms with E-state index in [1.807, 2.05) is 36.4 Å². The molecule has 0 saturated carbocycles. The van der Waals surface area contributed by atoms with Gasteiger partial charge in [0.15, 0.2) is 5.78 Å². The molecule has 2 aromatic carbocycles. The van der Waals surface area contributed by atoms with E-state index in [4.69, 9.17) is 8.85 Å². The van der Waals surface area contributed by atoms with Crippen LogP contribution < -0.4 is 8.85 Å². The molecule has 0 N–H and O–H groups in total. The Balaban J connectivity index is 2.42. The number of halogens is 2. The van der Waals surface area contributed by atoms with Crippen LogP contribution >= 0.6 is 31.9 Å². The minimum atomic E-state index is -2.02. The number of benzene rings is 2. The van der Waals surface area contributed by atoms with Crippen LogP contribution in [-0.4, -0.2) is 22.4 Å². The van der Waals surface area contributed by atoms with Crippen LogP contribution in [0.3, 0.4) is 0 Å². The summed E-state index contributed by atoms with van der Waals surface area (Å²) in [7, 11) is -4.05. The lowest BCUT2D eigenvalue weighted by Crippen LogP contribution is -2.43. The number of ketones is 1. The molecule has 32 heavy (non-hydrogen) atoms. The Bertz CT molecular complexity index is 924. The Morgan fingerprint density at radius 1 is 0.656 bits per heavy atom. The molecule has 0 heterocycles. The van der Waals surface area contributed by atoms with Gasteiger partial charge in [0.05, 0.1) is 0 Å². The Kier molecular flexibility index (Phi) is 8.03. The molecule has 0 atom stereocenters. The molecule has 0 aliphatic heterocycles. The molecule has 2 rings (SSSR count). The van der Waals surface area contributed by atoms with Crippen LogP contribution in [0.15, 0.2) is 45.3 Å². The van der Waals surface area contributed by atoms with Gasteiger partial charge in [-0.15, -0.1) is 0 Å². The molecule has 0 aliphatic rings. The van der Waals surface area contributed by atoms with Gasteiger partial charge in [-0.2, -0.15) is 0 Å². The molecular weight excluding hydrogens is 564 g/mol. The third kappa shape index (κ3) is 6.58. The smallest absolute Gasteiger partial charge is 0.250 e. The summed E-state index contributed by atoms with van der Waals surface area (Å²) in [5.41, 5.74) is 1.17. The largest absolute Gasteiger partial charge is 0.543 e. The van der Waals surface area contributed by atoms with Crippen molar-refractivity contribution in [1.82, 2.24) is 0 Å². The van der Waals surface area contributed by atoms with E-state index in [2.05, 4.69) is 99.6 Å². The number of carbonyl (C=O) groups excluding carboxylic acids is 1. The minimum absolute atomic E-state index is 0.0623. The predicted octanol–water partition coefficient (Wildman–Crippen LogP) is 9.21. The summed E-state index contributed by atoms with van der Waals surface area (Å²) in [4.78, 5) is 13.5. The Labute approximate surface area is 212 Å². The van der Waals surface area contributed by atoms with Gasteiger partial charge in [0.2, 0.25) is 16.6 Å². The zero-order valence-electron chi connectivity index (χ0n) is 20.9. The first-order valence-corrected chi connectivity index (χ1v) is 18.3. The van der Waals surface area contributed by atoms with Gasteiger partial charge >= 0.3 is 0 Å². The van der Waals surface area contributed by atoms with Crippen molar-refractivity contribution < 1.29 is 13.6 Å². The molecule has 176 valence electrons. The SMILES string of the molecule is CC(C)(C)[Si](C)(C)Oc1cc(Br)cc(C(=O)c2cc(Br)cc(O[Si](C)(C)C(C)(C)C)c2)c1. The van der Waals surface area contributed by atoms with Crippen molar-refractivity contribution in [1.29, 1.82) is 0 Å². The summed E-state index contributed by atoms with van der Waals surface area (Å²) in [6.45, 7) is 22.0. The predicted molar refractivity (Wildman–Crippen MR) is 147 cm³/mol. The van der Waals surface area contributed by atoms with Crippen molar-refractivity contribution in [2.45, 2.75) is 77.8 Å². The second kappa shape index (κ2) is 9.39. The average Bonchev–Trinajstić information content (AvgIpc) is 2.57. The fraction of sp³-hybridized carbons (Fsp3) is 0.480. The summed E-state index contributed by atoms with van der Waals surface area (Å²) >= 11 is 7.11. The highest BCUT2D eigenvalue weighted by Crippen LogP contribution is 2.39. The molecule has 0 radical (unpaired) electrons. The van der Waals surface area contributed by atoms with Crippen molar-refractivity contribution in [3.63, 3.8) is 0 Å². The summed E-state index contributed by atoms with van der Waals surface area (Å²) in [5, 5.41) is 0.138. The van der Waals surface area contributed by atoms with Crippen LogP contribution in [0.25, 0.3) is 0 Å².